The molecule has 0 bridgehead atoms. The van der Waals surface area contributed by atoms with Crippen molar-refractivity contribution >= 4 is 0 Å². The Morgan fingerprint density at radius 2 is 2.00 bits per heavy atom. The van der Waals surface area contributed by atoms with Crippen molar-refractivity contribution < 1.29 is 17.6 Å². The van der Waals surface area contributed by atoms with E-state index in [1.807, 2.05) is 0 Å². The molecule has 0 aliphatic carbocycles. The molecule has 1 aromatic rings. The maximum atomic E-state index is 12.9. The molecule has 90 valence electrons. The van der Waals surface area contributed by atoms with Gasteiger partial charge in [0, 0.05) is 6.04 Å². The van der Waals surface area contributed by atoms with Crippen LogP contribution in [-0.4, -0.2) is 12.7 Å². The zero-order valence-corrected chi connectivity index (χ0v) is 8.81. The lowest BCUT2D eigenvalue weighted by Crippen LogP contribution is -2.26. The molecule has 1 aromatic carbocycles. The number of nitrogens with one attached hydrogen (secondary N) is 1. The molecule has 0 aliphatic rings. The molecule has 0 saturated heterocycles. The van der Waals surface area contributed by atoms with E-state index < -0.39 is 24.5 Å². The first kappa shape index (κ1) is 13.0. The second-order valence-electron chi connectivity index (χ2n) is 3.48. The topological polar surface area (TPSA) is 12.0 Å². The third-order valence-corrected chi connectivity index (χ3v) is 2.14. The molecule has 0 fully saturated rings. The quantitative estimate of drug-likeness (QED) is 0.788. The summed E-state index contributed by atoms with van der Waals surface area (Å²) in [7, 11) is 0. The van der Waals surface area contributed by atoms with Gasteiger partial charge in [-0.2, -0.15) is 13.2 Å². The summed E-state index contributed by atoms with van der Waals surface area (Å²) in [5, 5.41) is 2.70. The van der Waals surface area contributed by atoms with Gasteiger partial charge in [-0.15, -0.1) is 0 Å². The van der Waals surface area contributed by atoms with E-state index in [9.17, 15) is 17.6 Å². The van der Waals surface area contributed by atoms with Crippen LogP contribution in [0.25, 0.3) is 0 Å². The molecule has 0 heterocycles. The molecule has 1 nitrogen and oxygen atoms in total. The van der Waals surface area contributed by atoms with Crippen molar-refractivity contribution in [3.05, 3.63) is 35.6 Å². The molecule has 5 heteroatoms. The molecule has 0 aromatic heterocycles. The lowest BCUT2D eigenvalue weighted by atomic mass is 10.0. The van der Waals surface area contributed by atoms with Crippen LogP contribution in [0.15, 0.2) is 24.3 Å². The molecule has 0 radical (unpaired) electrons. The minimum absolute atomic E-state index is 0.319. The SMILES string of the molecule is CCNC(CC(F)(F)F)c1cccc(F)c1. The van der Waals surface area contributed by atoms with Crippen molar-refractivity contribution in [1.82, 2.24) is 5.32 Å². The zero-order valence-electron chi connectivity index (χ0n) is 8.81. The van der Waals surface area contributed by atoms with Gasteiger partial charge in [0.25, 0.3) is 0 Å². The lowest BCUT2D eigenvalue weighted by Gasteiger charge is -2.19. The number of hydrogen-bond acceptors (Lipinski definition) is 1. The van der Waals surface area contributed by atoms with E-state index in [1.54, 1.807) is 6.92 Å². The third kappa shape index (κ3) is 4.18. The molecule has 0 amide bonds. The van der Waals surface area contributed by atoms with Crippen molar-refractivity contribution in [3.63, 3.8) is 0 Å². The average Bonchev–Trinajstić information content (AvgIpc) is 2.15. The summed E-state index contributed by atoms with van der Waals surface area (Å²) in [5.41, 5.74) is 0.319. The lowest BCUT2D eigenvalue weighted by molar-refractivity contribution is -0.140. The minimum atomic E-state index is -4.26. The predicted octanol–water partition coefficient (Wildman–Crippen LogP) is 3.43. The minimum Gasteiger partial charge on any atom is -0.310 e. The van der Waals surface area contributed by atoms with E-state index >= 15 is 0 Å². The Balaban J connectivity index is 2.85. The van der Waals surface area contributed by atoms with Crippen LogP contribution in [-0.2, 0) is 0 Å². The van der Waals surface area contributed by atoms with Gasteiger partial charge in [0.2, 0.25) is 0 Å². The Morgan fingerprint density at radius 1 is 1.31 bits per heavy atom. The van der Waals surface area contributed by atoms with Gasteiger partial charge in [0.1, 0.15) is 5.82 Å². The first-order valence-electron chi connectivity index (χ1n) is 4.98. The maximum Gasteiger partial charge on any atom is 0.390 e. The summed E-state index contributed by atoms with van der Waals surface area (Å²) in [6, 6.07) is 4.34. The monoisotopic (exact) mass is 235 g/mol. The van der Waals surface area contributed by atoms with Crippen LogP contribution in [0, 0.1) is 5.82 Å². The van der Waals surface area contributed by atoms with Crippen LogP contribution < -0.4 is 5.32 Å². The summed E-state index contributed by atoms with van der Waals surface area (Å²) in [5.74, 6) is -0.525. The molecule has 0 aliphatic heterocycles. The summed E-state index contributed by atoms with van der Waals surface area (Å²) in [6.45, 7) is 2.11. The number of benzene rings is 1. The molecule has 1 unspecified atom stereocenters. The van der Waals surface area contributed by atoms with Crippen LogP contribution in [0.3, 0.4) is 0 Å². The number of halogens is 4. The maximum absolute atomic E-state index is 12.9. The van der Waals surface area contributed by atoms with Gasteiger partial charge in [0.15, 0.2) is 0 Å². The fourth-order valence-corrected chi connectivity index (χ4v) is 1.51. The average molecular weight is 235 g/mol. The predicted molar refractivity (Wildman–Crippen MR) is 53.5 cm³/mol. The Hall–Kier alpha value is -1.10. The van der Waals surface area contributed by atoms with Crippen molar-refractivity contribution in [2.24, 2.45) is 0 Å². The van der Waals surface area contributed by atoms with Gasteiger partial charge >= 0.3 is 6.18 Å². The Labute approximate surface area is 91.5 Å². The van der Waals surface area contributed by atoms with E-state index in [2.05, 4.69) is 5.32 Å². The van der Waals surface area contributed by atoms with E-state index in [0.717, 1.165) is 6.07 Å². The number of rotatable bonds is 4. The first-order chi connectivity index (χ1) is 7.42. The van der Waals surface area contributed by atoms with Gasteiger partial charge in [0.05, 0.1) is 6.42 Å². The van der Waals surface area contributed by atoms with E-state index in [0.29, 0.717) is 12.1 Å². The molecule has 16 heavy (non-hydrogen) atoms. The Kier molecular flexibility index (Phi) is 4.29. The molecule has 1 rings (SSSR count). The van der Waals surface area contributed by atoms with Crippen LogP contribution in [0.2, 0.25) is 0 Å². The molecule has 1 atom stereocenters. The summed E-state index contributed by atoms with van der Waals surface area (Å²) in [4.78, 5) is 0. The fraction of sp³-hybridized carbons (Fsp3) is 0.455. The third-order valence-electron chi connectivity index (χ3n) is 2.14. The Bertz CT molecular complexity index is 335. The highest BCUT2D eigenvalue weighted by molar-refractivity contribution is 5.20. The van der Waals surface area contributed by atoms with Gasteiger partial charge in [-0.25, -0.2) is 4.39 Å². The number of alkyl halides is 3. The zero-order chi connectivity index (χ0) is 12.2. The highest BCUT2D eigenvalue weighted by Crippen LogP contribution is 2.29. The second kappa shape index (κ2) is 5.30. The molecule has 0 saturated carbocycles. The van der Waals surface area contributed by atoms with Crippen molar-refractivity contribution in [3.8, 4) is 0 Å². The largest absolute Gasteiger partial charge is 0.390 e. The van der Waals surface area contributed by atoms with Crippen molar-refractivity contribution in [2.45, 2.75) is 25.6 Å². The van der Waals surface area contributed by atoms with Crippen LogP contribution in [0.5, 0.6) is 0 Å². The smallest absolute Gasteiger partial charge is 0.310 e. The van der Waals surface area contributed by atoms with Crippen LogP contribution in [0.4, 0.5) is 17.6 Å². The first-order valence-corrected chi connectivity index (χ1v) is 4.98. The summed E-state index contributed by atoms with van der Waals surface area (Å²) < 4.78 is 49.7. The second-order valence-corrected chi connectivity index (χ2v) is 3.48. The molecule has 0 spiro atoms. The van der Waals surface area contributed by atoms with E-state index in [4.69, 9.17) is 0 Å². The molecular weight excluding hydrogens is 222 g/mol. The highest BCUT2D eigenvalue weighted by Gasteiger charge is 2.32. The number of hydrogen-bond donors (Lipinski definition) is 1. The van der Waals surface area contributed by atoms with E-state index in [1.165, 1.54) is 18.2 Å². The standard InChI is InChI=1S/C11H13F4N/c1-2-16-10(7-11(13,14)15)8-4-3-5-9(12)6-8/h3-6,10,16H,2,7H2,1H3. The van der Waals surface area contributed by atoms with Crippen molar-refractivity contribution in [2.75, 3.05) is 6.54 Å². The van der Waals surface area contributed by atoms with Gasteiger partial charge in [-0.05, 0) is 24.2 Å². The fourth-order valence-electron chi connectivity index (χ4n) is 1.51. The van der Waals surface area contributed by atoms with Gasteiger partial charge in [-0.1, -0.05) is 19.1 Å². The van der Waals surface area contributed by atoms with Gasteiger partial charge < -0.3 is 5.32 Å². The molecule has 1 N–H and O–H groups in total. The Morgan fingerprint density at radius 3 is 2.50 bits per heavy atom. The van der Waals surface area contributed by atoms with E-state index in [-0.39, 0.29) is 0 Å². The van der Waals surface area contributed by atoms with Crippen molar-refractivity contribution in [1.29, 1.82) is 0 Å². The normalized spacial score (nSPS) is 13.8. The van der Waals surface area contributed by atoms with Crippen LogP contribution in [0.1, 0.15) is 24.9 Å². The van der Waals surface area contributed by atoms with Crippen LogP contribution >= 0.6 is 0 Å². The summed E-state index contributed by atoms with van der Waals surface area (Å²) in [6.07, 6.45) is -5.26. The highest BCUT2D eigenvalue weighted by atomic mass is 19.4. The molecular formula is C11H13F4N. The van der Waals surface area contributed by atoms with Gasteiger partial charge in [-0.3, -0.25) is 0 Å². The summed E-state index contributed by atoms with van der Waals surface area (Å²) >= 11 is 0.